The first kappa shape index (κ1) is 13.8. The van der Waals surface area contributed by atoms with Crippen LogP contribution < -0.4 is 0 Å². The molecule has 0 fully saturated rings. The molecule has 1 heteroatoms. The SMILES string of the molecule is CC1=C(C2c3ccccc3-c3ccccc32)CC=C1[Si](C)C. The van der Waals surface area contributed by atoms with Gasteiger partial charge in [0, 0.05) is 5.92 Å². The Bertz CT molecular complexity index is 763. The normalized spacial score (nSPS) is 17.0. The molecule has 0 N–H and O–H groups in total. The zero-order valence-electron chi connectivity index (χ0n) is 13.5. The molecule has 0 aromatic heterocycles. The second kappa shape index (κ2) is 5.10. The predicted octanol–water partition coefficient (Wildman–Crippen LogP) is 5.74. The van der Waals surface area contributed by atoms with Crippen LogP contribution in [0, 0.1) is 0 Å². The summed E-state index contributed by atoms with van der Waals surface area (Å²) in [5, 5.41) is 1.64. The van der Waals surface area contributed by atoms with Crippen molar-refractivity contribution in [3.05, 3.63) is 82.1 Å². The fraction of sp³-hybridized carbons (Fsp3) is 0.238. The summed E-state index contributed by atoms with van der Waals surface area (Å²) in [6, 6.07) is 17.9. The van der Waals surface area contributed by atoms with Crippen LogP contribution in [0.25, 0.3) is 11.1 Å². The molecule has 0 bridgehead atoms. The van der Waals surface area contributed by atoms with Gasteiger partial charge in [-0.3, -0.25) is 0 Å². The molecule has 2 aliphatic rings. The van der Waals surface area contributed by atoms with E-state index in [-0.39, 0.29) is 8.80 Å². The van der Waals surface area contributed by atoms with Crippen molar-refractivity contribution in [1.82, 2.24) is 0 Å². The highest BCUT2D eigenvalue weighted by Crippen LogP contribution is 2.51. The van der Waals surface area contributed by atoms with Gasteiger partial charge in [-0.05, 0) is 35.6 Å². The van der Waals surface area contributed by atoms with E-state index in [1.807, 2.05) is 0 Å². The fourth-order valence-corrected chi connectivity index (χ4v) is 5.56. The first-order chi connectivity index (χ1) is 10.7. The highest BCUT2D eigenvalue weighted by atomic mass is 28.3. The second-order valence-corrected chi connectivity index (χ2v) is 9.12. The molecule has 2 aromatic carbocycles. The average Bonchev–Trinajstić information content (AvgIpc) is 3.05. The van der Waals surface area contributed by atoms with E-state index in [4.69, 9.17) is 0 Å². The summed E-state index contributed by atoms with van der Waals surface area (Å²) in [4.78, 5) is 0. The van der Waals surface area contributed by atoms with E-state index in [1.165, 1.54) is 22.3 Å². The molecule has 0 amide bonds. The van der Waals surface area contributed by atoms with Crippen molar-refractivity contribution < 1.29 is 0 Å². The minimum atomic E-state index is -0.372. The minimum Gasteiger partial charge on any atom is -0.0812 e. The zero-order valence-corrected chi connectivity index (χ0v) is 14.5. The lowest BCUT2D eigenvalue weighted by Crippen LogP contribution is -2.07. The highest BCUT2D eigenvalue weighted by Gasteiger charge is 2.33. The molecule has 2 aromatic rings. The third-order valence-electron chi connectivity index (χ3n) is 5.13. The van der Waals surface area contributed by atoms with Crippen LogP contribution in [0.5, 0.6) is 0 Å². The lowest BCUT2D eigenvalue weighted by Gasteiger charge is -2.18. The van der Waals surface area contributed by atoms with Crippen molar-refractivity contribution in [2.45, 2.75) is 32.4 Å². The molecular weight excluding hydrogens is 280 g/mol. The largest absolute Gasteiger partial charge is 0.0812 e. The van der Waals surface area contributed by atoms with Gasteiger partial charge in [0.2, 0.25) is 0 Å². The Morgan fingerprint density at radius 2 is 1.41 bits per heavy atom. The van der Waals surface area contributed by atoms with Gasteiger partial charge in [-0.2, -0.15) is 0 Å². The highest BCUT2D eigenvalue weighted by molar-refractivity contribution is 6.65. The molecule has 1 radical (unpaired) electrons. The van der Waals surface area contributed by atoms with Crippen molar-refractivity contribution in [3.8, 4) is 11.1 Å². The van der Waals surface area contributed by atoms with E-state index in [0.29, 0.717) is 5.92 Å². The van der Waals surface area contributed by atoms with Gasteiger partial charge in [0.1, 0.15) is 0 Å². The molecule has 22 heavy (non-hydrogen) atoms. The molecule has 4 rings (SSSR count). The van der Waals surface area contributed by atoms with Crippen LogP contribution in [0.15, 0.2) is 70.9 Å². The summed E-state index contributed by atoms with van der Waals surface area (Å²) in [5.41, 5.74) is 9.03. The standard InChI is InChI=1S/C21H21Si/c1-14-15(12-13-20(14)22(2)3)21-18-10-6-4-8-16(18)17-9-5-7-11-19(17)21/h4-11,13,21H,12H2,1-3H3. The summed E-state index contributed by atoms with van der Waals surface area (Å²) in [6.07, 6.45) is 3.62. The molecule has 0 nitrogen and oxygen atoms in total. The van der Waals surface area contributed by atoms with E-state index >= 15 is 0 Å². The van der Waals surface area contributed by atoms with Gasteiger partial charge >= 0.3 is 0 Å². The minimum absolute atomic E-state index is 0.372. The van der Waals surface area contributed by atoms with Gasteiger partial charge in [-0.25, -0.2) is 0 Å². The fourth-order valence-electron chi connectivity index (χ4n) is 4.14. The van der Waals surface area contributed by atoms with Crippen molar-refractivity contribution in [2.75, 3.05) is 0 Å². The van der Waals surface area contributed by atoms with Crippen molar-refractivity contribution in [3.63, 3.8) is 0 Å². The molecule has 0 aliphatic heterocycles. The summed E-state index contributed by atoms with van der Waals surface area (Å²) in [6.45, 7) is 7.15. The maximum Gasteiger partial charge on any atom is 0.0791 e. The third kappa shape index (κ3) is 1.89. The Labute approximate surface area is 134 Å². The maximum absolute atomic E-state index is 2.49. The Hall–Kier alpha value is -1.86. The molecule has 0 heterocycles. The summed E-state index contributed by atoms with van der Waals surface area (Å²) in [7, 11) is -0.372. The summed E-state index contributed by atoms with van der Waals surface area (Å²) < 4.78 is 0. The van der Waals surface area contributed by atoms with Crippen LogP contribution in [-0.4, -0.2) is 8.80 Å². The monoisotopic (exact) mass is 301 g/mol. The van der Waals surface area contributed by atoms with Crippen LogP contribution in [-0.2, 0) is 0 Å². The van der Waals surface area contributed by atoms with E-state index in [1.54, 1.807) is 16.3 Å². The lowest BCUT2D eigenvalue weighted by molar-refractivity contribution is 0.934. The van der Waals surface area contributed by atoms with Gasteiger partial charge in [0.05, 0.1) is 8.80 Å². The molecule has 0 spiro atoms. The van der Waals surface area contributed by atoms with Gasteiger partial charge in [0.25, 0.3) is 0 Å². The van der Waals surface area contributed by atoms with Gasteiger partial charge in [0.15, 0.2) is 0 Å². The predicted molar refractivity (Wildman–Crippen MR) is 96.6 cm³/mol. The topological polar surface area (TPSA) is 0 Å². The van der Waals surface area contributed by atoms with E-state index in [2.05, 4.69) is 74.6 Å². The lowest BCUT2D eigenvalue weighted by atomic mass is 9.87. The average molecular weight is 301 g/mol. The molecule has 2 aliphatic carbocycles. The third-order valence-corrected chi connectivity index (χ3v) is 6.79. The molecule has 0 atom stereocenters. The number of rotatable bonds is 2. The maximum atomic E-state index is 2.49. The van der Waals surface area contributed by atoms with E-state index in [9.17, 15) is 0 Å². The van der Waals surface area contributed by atoms with E-state index in [0.717, 1.165) is 6.42 Å². The first-order valence-corrected chi connectivity index (χ1v) is 10.6. The number of hydrogen-bond acceptors (Lipinski definition) is 0. The summed E-state index contributed by atoms with van der Waals surface area (Å²) >= 11 is 0. The zero-order chi connectivity index (χ0) is 15.3. The summed E-state index contributed by atoms with van der Waals surface area (Å²) in [5.74, 6) is 0.461. The number of allylic oxidation sites excluding steroid dienone is 4. The van der Waals surface area contributed by atoms with Gasteiger partial charge in [-0.15, -0.1) is 0 Å². The molecule has 0 saturated carbocycles. The van der Waals surface area contributed by atoms with E-state index < -0.39 is 0 Å². The quantitative estimate of drug-likeness (QED) is 0.621. The van der Waals surface area contributed by atoms with Gasteiger partial charge < -0.3 is 0 Å². The van der Waals surface area contributed by atoms with Crippen LogP contribution in [0.1, 0.15) is 30.4 Å². The van der Waals surface area contributed by atoms with Gasteiger partial charge in [-0.1, -0.05) is 84.0 Å². The Kier molecular flexibility index (Phi) is 3.19. The van der Waals surface area contributed by atoms with Crippen molar-refractivity contribution >= 4 is 8.80 Å². The van der Waals surface area contributed by atoms with Crippen LogP contribution >= 0.6 is 0 Å². The van der Waals surface area contributed by atoms with Crippen LogP contribution in [0.3, 0.4) is 0 Å². The first-order valence-electron chi connectivity index (χ1n) is 8.07. The Morgan fingerprint density at radius 1 is 0.864 bits per heavy atom. The van der Waals surface area contributed by atoms with Crippen molar-refractivity contribution in [2.24, 2.45) is 0 Å². The molecule has 109 valence electrons. The molecule has 0 unspecified atom stereocenters. The second-order valence-electron chi connectivity index (χ2n) is 6.58. The van der Waals surface area contributed by atoms with Crippen LogP contribution in [0.2, 0.25) is 13.1 Å². The number of benzene rings is 2. The molecule has 0 saturated heterocycles. The van der Waals surface area contributed by atoms with Crippen molar-refractivity contribution in [1.29, 1.82) is 0 Å². The number of fused-ring (bicyclic) bond motifs is 3. The number of hydrogen-bond donors (Lipinski definition) is 0. The molecular formula is C21H21Si. The smallest absolute Gasteiger partial charge is 0.0791 e. The Morgan fingerprint density at radius 3 is 1.91 bits per heavy atom. The van der Waals surface area contributed by atoms with Crippen LogP contribution in [0.4, 0.5) is 0 Å². The Balaban J connectivity index is 1.90.